The standard InChI is InChI=1S/C62H104O6/c1-4-7-10-13-16-19-22-25-27-29-30-31-32-33-35-37-40-43-46-49-52-55-61(64)67-58-59(57-66-60(63)54-51-48-45-42-39-36-24-21-18-15-12-9-6-3)68-62(65)56-53-50-47-44-41-38-34-28-26-23-20-17-14-11-8-5-2/h7,9-10,12,16,18-19,21,25,27,30-31,36,39,45,48,59H,4-6,8,11,13-15,17,20,22-24,26,28-29,32-35,37-38,40-44,46-47,49-58H2,1-3H3/b10-7-,12-9-,19-16-,21-18-,27-25-,31-30-,39-36-,48-45-. The number of unbranched alkanes of at least 4 members (excludes halogenated alkanes) is 23. The van der Waals surface area contributed by atoms with E-state index in [4.69, 9.17) is 14.2 Å². The molecule has 0 aliphatic carbocycles. The Morgan fingerprint density at radius 3 is 0.985 bits per heavy atom. The number of allylic oxidation sites excluding steroid dienone is 16. The van der Waals surface area contributed by atoms with Crippen molar-refractivity contribution in [2.24, 2.45) is 0 Å². The van der Waals surface area contributed by atoms with Crippen LogP contribution in [-0.4, -0.2) is 37.2 Å². The fourth-order valence-electron chi connectivity index (χ4n) is 7.68. The van der Waals surface area contributed by atoms with Crippen LogP contribution in [0.4, 0.5) is 0 Å². The highest BCUT2D eigenvalue weighted by atomic mass is 16.6. The van der Waals surface area contributed by atoms with Crippen molar-refractivity contribution in [3.05, 3.63) is 97.2 Å². The minimum atomic E-state index is -0.809. The van der Waals surface area contributed by atoms with Gasteiger partial charge in [0.05, 0.1) is 0 Å². The molecule has 0 saturated carbocycles. The minimum Gasteiger partial charge on any atom is -0.462 e. The molecule has 0 aromatic carbocycles. The van der Waals surface area contributed by atoms with Gasteiger partial charge in [-0.25, -0.2) is 0 Å². The zero-order chi connectivity index (χ0) is 49.3. The Kier molecular flexibility index (Phi) is 52.9. The van der Waals surface area contributed by atoms with Crippen LogP contribution < -0.4 is 0 Å². The summed E-state index contributed by atoms with van der Waals surface area (Å²) in [6, 6.07) is 0. The van der Waals surface area contributed by atoms with Gasteiger partial charge < -0.3 is 14.2 Å². The molecule has 0 spiro atoms. The summed E-state index contributed by atoms with van der Waals surface area (Å²) in [4.78, 5) is 38.1. The van der Waals surface area contributed by atoms with Gasteiger partial charge in [-0.05, 0) is 83.5 Å². The maximum absolute atomic E-state index is 12.8. The van der Waals surface area contributed by atoms with Gasteiger partial charge in [0.15, 0.2) is 6.10 Å². The minimum absolute atomic E-state index is 0.103. The first-order chi connectivity index (χ1) is 33.5. The van der Waals surface area contributed by atoms with Crippen LogP contribution >= 0.6 is 0 Å². The van der Waals surface area contributed by atoms with Crippen molar-refractivity contribution in [2.45, 2.75) is 264 Å². The predicted molar refractivity (Wildman–Crippen MR) is 293 cm³/mol. The first kappa shape index (κ1) is 64.3. The number of hydrogen-bond donors (Lipinski definition) is 0. The highest BCUT2D eigenvalue weighted by molar-refractivity contribution is 5.71. The van der Waals surface area contributed by atoms with Gasteiger partial charge in [0.1, 0.15) is 13.2 Å². The Bertz CT molecular complexity index is 1360. The van der Waals surface area contributed by atoms with E-state index in [2.05, 4.69) is 112 Å². The second kappa shape index (κ2) is 55.9. The lowest BCUT2D eigenvalue weighted by molar-refractivity contribution is -0.166. The van der Waals surface area contributed by atoms with E-state index in [9.17, 15) is 14.4 Å². The average molecular weight is 946 g/mol. The third kappa shape index (κ3) is 53.3. The Balaban J connectivity index is 4.42. The molecule has 0 N–H and O–H groups in total. The summed E-state index contributed by atoms with van der Waals surface area (Å²) in [5, 5.41) is 0. The van der Waals surface area contributed by atoms with Gasteiger partial charge in [0, 0.05) is 19.3 Å². The second-order valence-electron chi connectivity index (χ2n) is 18.4. The van der Waals surface area contributed by atoms with Gasteiger partial charge in [0.25, 0.3) is 0 Å². The third-order valence-electron chi connectivity index (χ3n) is 11.8. The molecule has 0 rings (SSSR count). The molecule has 0 aromatic heterocycles. The quantitative estimate of drug-likeness (QED) is 0.0262. The largest absolute Gasteiger partial charge is 0.462 e. The number of carbonyl (C=O) groups is 3. The highest BCUT2D eigenvalue weighted by Crippen LogP contribution is 2.16. The molecule has 0 aromatic rings. The number of ether oxygens (including phenoxy) is 3. The molecule has 1 atom stereocenters. The normalized spacial score (nSPS) is 12.8. The zero-order valence-electron chi connectivity index (χ0n) is 44.3. The van der Waals surface area contributed by atoms with E-state index in [0.29, 0.717) is 19.3 Å². The first-order valence-electron chi connectivity index (χ1n) is 28.2. The van der Waals surface area contributed by atoms with E-state index in [-0.39, 0.29) is 37.5 Å². The molecule has 6 nitrogen and oxygen atoms in total. The van der Waals surface area contributed by atoms with E-state index in [1.807, 2.05) is 6.08 Å². The molecule has 0 aliphatic rings. The summed E-state index contributed by atoms with van der Waals surface area (Å²) < 4.78 is 16.8. The van der Waals surface area contributed by atoms with E-state index in [1.54, 1.807) is 0 Å². The average Bonchev–Trinajstić information content (AvgIpc) is 3.34. The lowest BCUT2D eigenvalue weighted by Gasteiger charge is -2.18. The van der Waals surface area contributed by atoms with Crippen molar-refractivity contribution < 1.29 is 28.6 Å². The van der Waals surface area contributed by atoms with Gasteiger partial charge in [-0.2, -0.15) is 0 Å². The summed E-state index contributed by atoms with van der Waals surface area (Å²) in [6.07, 6.45) is 74.1. The van der Waals surface area contributed by atoms with Crippen molar-refractivity contribution in [1.29, 1.82) is 0 Å². The van der Waals surface area contributed by atoms with Crippen LogP contribution in [-0.2, 0) is 28.6 Å². The summed E-state index contributed by atoms with van der Waals surface area (Å²) in [5.74, 6) is -0.990. The molecule has 0 fully saturated rings. The number of esters is 3. The zero-order valence-corrected chi connectivity index (χ0v) is 44.3. The molecule has 388 valence electrons. The fourth-order valence-corrected chi connectivity index (χ4v) is 7.68. The molecule has 0 saturated heterocycles. The Morgan fingerprint density at radius 2 is 0.603 bits per heavy atom. The smallest absolute Gasteiger partial charge is 0.306 e. The van der Waals surface area contributed by atoms with Crippen molar-refractivity contribution in [2.75, 3.05) is 13.2 Å². The molecule has 0 amide bonds. The molecule has 6 heteroatoms. The molecule has 1 unspecified atom stereocenters. The maximum Gasteiger partial charge on any atom is 0.306 e. The van der Waals surface area contributed by atoms with Crippen LogP contribution in [0.3, 0.4) is 0 Å². The van der Waals surface area contributed by atoms with E-state index < -0.39 is 6.10 Å². The van der Waals surface area contributed by atoms with Crippen LogP contribution in [0.2, 0.25) is 0 Å². The Labute approximate surface area is 419 Å². The van der Waals surface area contributed by atoms with Crippen molar-refractivity contribution in [1.82, 2.24) is 0 Å². The van der Waals surface area contributed by atoms with Crippen LogP contribution in [0.25, 0.3) is 0 Å². The molecule has 0 aliphatic heterocycles. The Morgan fingerprint density at radius 1 is 0.309 bits per heavy atom. The third-order valence-corrected chi connectivity index (χ3v) is 11.8. The van der Waals surface area contributed by atoms with E-state index in [1.165, 1.54) is 116 Å². The maximum atomic E-state index is 12.8. The van der Waals surface area contributed by atoms with Gasteiger partial charge in [0.2, 0.25) is 0 Å². The molecule has 0 radical (unpaired) electrons. The van der Waals surface area contributed by atoms with Gasteiger partial charge in [-0.3, -0.25) is 14.4 Å². The molecule has 0 heterocycles. The second-order valence-corrected chi connectivity index (χ2v) is 18.4. The molecule has 68 heavy (non-hydrogen) atoms. The summed E-state index contributed by atoms with van der Waals surface area (Å²) in [7, 11) is 0. The van der Waals surface area contributed by atoms with Crippen molar-refractivity contribution in [3.63, 3.8) is 0 Å². The Hall–Kier alpha value is -3.67. The topological polar surface area (TPSA) is 78.9 Å². The summed E-state index contributed by atoms with van der Waals surface area (Å²) in [6.45, 7) is 6.35. The monoisotopic (exact) mass is 945 g/mol. The highest BCUT2D eigenvalue weighted by Gasteiger charge is 2.19. The summed E-state index contributed by atoms with van der Waals surface area (Å²) >= 11 is 0. The van der Waals surface area contributed by atoms with Crippen LogP contribution in [0, 0.1) is 0 Å². The van der Waals surface area contributed by atoms with Crippen LogP contribution in [0.5, 0.6) is 0 Å². The lowest BCUT2D eigenvalue weighted by atomic mass is 10.0. The predicted octanol–water partition coefficient (Wildman–Crippen LogP) is 18.9. The molecule has 0 bridgehead atoms. The van der Waals surface area contributed by atoms with Crippen molar-refractivity contribution >= 4 is 17.9 Å². The van der Waals surface area contributed by atoms with E-state index in [0.717, 1.165) is 96.3 Å². The summed E-state index contributed by atoms with van der Waals surface area (Å²) in [5.41, 5.74) is 0. The van der Waals surface area contributed by atoms with Gasteiger partial charge >= 0.3 is 17.9 Å². The number of hydrogen-bond acceptors (Lipinski definition) is 6. The van der Waals surface area contributed by atoms with Crippen LogP contribution in [0.15, 0.2) is 97.2 Å². The first-order valence-corrected chi connectivity index (χ1v) is 28.2. The SMILES string of the molecule is CC/C=C\C/C=C\C/C=C\C/C=C\CCCCCCCCCCC(=O)OCC(COC(=O)CC/C=C\C/C=C\C/C=C\C/C=C\CC)OC(=O)CCCCCCCCCCCCCCCCCC. The van der Waals surface area contributed by atoms with Crippen LogP contribution in [0.1, 0.15) is 258 Å². The lowest BCUT2D eigenvalue weighted by Crippen LogP contribution is -2.30. The molecular weight excluding hydrogens is 841 g/mol. The van der Waals surface area contributed by atoms with Gasteiger partial charge in [-0.15, -0.1) is 0 Å². The van der Waals surface area contributed by atoms with E-state index >= 15 is 0 Å². The number of carbonyl (C=O) groups excluding carboxylic acids is 3. The van der Waals surface area contributed by atoms with Gasteiger partial charge in [-0.1, -0.05) is 253 Å². The van der Waals surface area contributed by atoms with Crippen molar-refractivity contribution in [3.8, 4) is 0 Å². The number of rotatable bonds is 50. The fraction of sp³-hybridized carbons (Fsp3) is 0.694. The molecular formula is C62H104O6.